The smallest absolute Gasteiger partial charge is 0.176 e. The Morgan fingerprint density at radius 2 is 1.57 bits per heavy atom. The number of rotatable bonds is 2. The zero-order valence-corrected chi connectivity index (χ0v) is 12.7. The summed E-state index contributed by atoms with van der Waals surface area (Å²) in [5.74, 6) is -0.250. The van der Waals surface area contributed by atoms with Gasteiger partial charge >= 0.3 is 0 Å². The second-order valence-corrected chi connectivity index (χ2v) is 6.95. The van der Waals surface area contributed by atoms with Crippen LogP contribution in [0.15, 0.2) is 24.3 Å². The maximum atomic E-state index is 14.3. The molecule has 0 spiro atoms. The van der Waals surface area contributed by atoms with Crippen molar-refractivity contribution in [2.24, 2.45) is 5.92 Å². The maximum absolute atomic E-state index is 14.3. The van der Waals surface area contributed by atoms with Gasteiger partial charge in [0.1, 0.15) is 11.6 Å². The lowest BCUT2D eigenvalue weighted by atomic mass is 9.79. The van der Waals surface area contributed by atoms with Gasteiger partial charge in [-0.05, 0) is 54.5 Å². The lowest BCUT2D eigenvalue weighted by molar-refractivity contribution is 0.346. The molecule has 0 unspecified atom stereocenters. The van der Waals surface area contributed by atoms with Crippen LogP contribution in [-0.4, -0.2) is 0 Å². The van der Waals surface area contributed by atoms with Gasteiger partial charge in [0.2, 0.25) is 0 Å². The highest BCUT2D eigenvalue weighted by atomic mass is 32.1. The Kier molecular flexibility index (Phi) is 4.07. The van der Waals surface area contributed by atoms with Crippen molar-refractivity contribution < 1.29 is 13.2 Å². The molecule has 1 aliphatic carbocycles. The molecule has 0 saturated heterocycles. The topological polar surface area (TPSA) is 0 Å². The van der Waals surface area contributed by atoms with E-state index in [0.29, 0.717) is 10.8 Å². The van der Waals surface area contributed by atoms with E-state index in [1.54, 1.807) is 0 Å². The summed E-state index contributed by atoms with van der Waals surface area (Å²) in [7, 11) is 0. The fraction of sp³-hybridized carbons (Fsp3) is 0.412. The van der Waals surface area contributed by atoms with Crippen LogP contribution < -0.4 is 0 Å². The van der Waals surface area contributed by atoms with Crippen molar-refractivity contribution in [3.63, 3.8) is 0 Å². The van der Waals surface area contributed by atoms with Gasteiger partial charge in [0.15, 0.2) is 5.13 Å². The molecule has 1 aliphatic rings. The Bertz CT molecular complexity index is 616. The van der Waals surface area contributed by atoms with Gasteiger partial charge < -0.3 is 0 Å². The third-order valence-corrected chi connectivity index (χ3v) is 5.26. The Morgan fingerprint density at radius 3 is 2.10 bits per heavy atom. The van der Waals surface area contributed by atoms with Crippen LogP contribution >= 0.6 is 11.3 Å². The van der Waals surface area contributed by atoms with E-state index in [1.807, 2.05) is 0 Å². The van der Waals surface area contributed by atoms with E-state index in [4.69, 9.17) is 0 Å². The first-order valence-corrected chi connectivity index (χ1v) is 8.11. The van der Waals surface area contributed by atoms with E-state index < -0.39 is 16.8 Å². The van der Waals surface area contributed by atoms with Crippen LogP contribution in [0.4, 0.5) is 13.2 Å². The molecule has 0 amide bonds. The Labute approximate surface area is 126 Å². The van der Waals surface area contributed by atoms with Crippen molar-refractivity contribution in [1.82, 2.24) is 0 Å². The third kappa shape index (κ3) is 3.00. The molecule has 0 atom stereocenters. The largest absolute Gasteiger partial charge is 0.206 e. The normalized spacial score (nSPS) is 22.5. The first-order chi connectivity index (χ1) is 10.0. The molecule has 0 radical (unpaired) electrons. The number of hydrogen-bond donors (Lipinski definition) is 0. The van der Waals surface area contributed by atoms with Crippen molar-refractivity contribution in [3.05, 3.63) is 46.6 Å². The first-order valence-electron chi connectivity index (χ1n) is 7.29. The molecule has 1 aromatic heterocycles. The summed E-state index contributed by atoms with van der Waals surface area (Å²) < 4.78 is 41.6. The van der Waals surface area contributed by atoms with Crippen molar-refractivity contribution in [3.8, 4) is 10.4 Å². The lowest BCUT2D eigenvalue weighted by Gasteiger charge is -2.26. The molecule has 0 nitrogen and oxygen atoms in total. The van der Waals surface area contributed by atoms with E-state index in [9.17, 15) is 13.2 Å². The second kappa shape index (κ2) is 5.84. The monoisotopic (exact) mass is 310 g/mol. The van der Waals surface area contributed by atoms with Gasteiger partial charge in [-0.3, -0.25) is 0 Å². The molecule has 0 aliphatic heterocycles. The van der Waals surface area contributed by atoms with Gasteiger partial charge in [-0.25, -0.2) is 8.78 Å². The van der Waals surface area contributed by atoms with E-state index in [1.165, 1.54) is 24.3 Å². The van der Waals surface area contributed by atoms with E-state index in [2.05, 4.69) is 6.92 Å². The van der Waals surface area contributed by atoms with Crippen LogP contribution in [0.25, 0.3) is 10.4 Å². The minimum absolute atomic E-state index is 0.114. The standard InChI is InChI=1S/C17H17F3S/c1-10-2-4-11(5-3-10)12-8-13(18)17(14(19)9-12)15-6-7-16(20)21-15/h6-11H,2-5H2,1H3. The third-order valence-electron chi connectivity index (χ3n) is 4.37. The highest BCUT2D eigenvalue weighted by Gasteiger charge is 2.23. The molecule has 1 saturated carbocycles. The molecule has 0 bridgehead atoms. The number of halogens is 3. The van der Waals surface area contributed by atoms with E-state index in [0.717, 1.165) is 42.6 Å². The summed E-state index contributed by atoms with van der Waals surface area (Å²) in [6, 6.07) is 5.51. The van der Waals surface area contributed by atoms with Gasteiger partial charge in [-0.15, -0.1) is 11.3 Å². The average Bonchev–Trinajstić information content (AvgIpc) is 2.85. The Hall–Kier alpha value is -1.29. The summed E-state index contributed by atoms with van der Waals surface area (Å²) >= 11 is 0.764. The van der Waals surface area contributed by atoms with Crippen molar-refractivity contribution in [2.75, 3.05) is 0 Å². The fourth-order valence-electron chi connectivity index (χ4n) is 3.11. The van der Waals surface area contributed by atoms with Crippen LogP contribution in [0.1, 0.15) is 44.1 Å². The number of thiophene rings is 1. The first kappa shape index (κ1) is 14.6. The molecular weight excluding hydrogens is 293 g/mol. The predicted octanol–water partition coefficient (Wildman–Crippen LogP) is 6.13. The van der Waals surface area contributed by atoms with Gasteiger partial charge in [0.05, 0.1) is 5.56 Å². The maximum Gasteiger partial charge on any atom is 0.176 e. The Balaban J connectivity index is 1.93. The number of hydrogen-bond acceptors (Lipinski definition) is 1. The summed E-state index contributed by atoms with van der Waals surface area (Å²) in [6.45, 7) is 2.21. The Morgan fingerprint density at radius 1 is 0.952 bits per heavy atom. The van der Waals surface area contributed by atoms with Crippen LogP contribution in [0.2, 0.25) is 0 Å². The lowest BCUT2D eigenvalue weighted by Crippen LogP contribution is -2.11. The minimum atomic E-state index is -0.592. The quantitative estimate of drug-likeness (QED) is 0.626. The van der Waals surface area contributed by atoms with Crippen molar-refractivity contribution >= 4 is 11.3 Å². The highest BCUT2D eigenvalue weighted by molar-refractivity contribution is 7.13. The van der Waals surface area contributed by atoms with Crippen molar-refractivity contribution in [1.29, 1.82) is 0 Å². The van der Waals surface area contributed by atoms with E-state index >= 15 is 0 Å². The second-order valence-electron chi connectivity index (χ2n) is 5.92. The summed E-state index contributed by atoms with van der Waals surface area (Å²) in [5, 5.41) is -0.436. The number of benzene rings is 1. The molecule has 1 fully saturated rings. The van der Waals surface area contributed by atoms with Gasteiger partial charge in [-0.2, -0.15) is 4.39 Å². The zero-order valence-electron chi connectivity index (χ0n) is 11.8. The molecule has 112 valence electrons. The average molecular weight is 310 g/mol. The fourth-order valence-corrected chi connectivity index (χ4v) is 3.89. The molecule has 1 heterocycles. The van der Waals surface area contributed by atoms with Gasteiger partial charge in [-0.1, -0.05) is 19.8 Å². The molecule has 1 aromatic carbocycles. The minimum Gasteiger partial charge on any atom is -0.206 e. The summed E-state index contributed by atoms with van der Waals surface area (Å²) in [4.78, 5) is 0.298. The van der Waals surface area contributed by atoms with Gasteiger partial charge in [0, 0.05) is 4.88 Å². The van der Waals surface area contributed by atoms with Crippen molar-refractivity contribution in [2.45, 2.75) is 38.5 Å². The van der Waals surface area contributed by atoms with Crippen LogP contribution in [-0.2, 0) is 0 Å². The molecule has 3 rings (SSSR count). The molecule has 4 heteroatoms. The molecule has 21 heavy (non-hydrogen) atoms. The van der Waals surface area contributed by atoms with E-state index in [-0.39, 0.29) is 11.5 Å². The predicted molar refractivity (Wildman–Crippen MR) is 80.0 cm³/mol. The highest BCUT2D eigenvalue weighted by Crippen LogP contribution is 2.39. The summed E-state index contributed by atoms with van der Waals surface area (Å²) in [5.41, 5.74) is 0.620. The summed E-state index contributed by atoms with van der Waals surface area (Å²) in [6.07, 6.45) is 4.16. The molecule has 2 aromatic rings. The molecular formula is C17H17F3S. The van der Waals surface area contributed by atoms with Crippen LogP contribution in [0.5, 0.6) is 0 Å². The molecule has 0 N–H and O–H groups in total. The zero-order chi connectivity index (χ0) is 15.0. The van der Waals surface area contributed by atoms with Gasteiger partial charge in [0.25, 0.3) is 0 Å². The SMILES string of the molecule is CC1CCC(c2cc(F)c(-c3ccc(F)s3)c(F)c2)CC1. The van der Waals surface area contributed by atoms with Crippen LogP contribution in [0, 0.1) is 22.7 Å². The van der Waals surface area contributed by atoms with Crippen LogP contribution in [0.3, 0.4) is 0 Å².